The van der Waals surface area contributed by atoms with Crippen molar-refractivity contribution in [1.29, 1.82) is 0 Å². The molecule has 0 aliphatic rings. The second-order valence-corrected chi connectivity index (χ2v) is 4.15. The van der Waals surface area contributed by atoms with Crippen molar-refractivity contribution >= 4 is 17.9 Å². The second-order valence-electron chi connectivity index (χ2n) is 4.15. The van der Waals surface area contributed by atoms with Crippen LogP contribution in [0.4, 0.5) is 10.7 Å². The van der Waals surface area contributed by atoms with Crippen LogP contribution in [0.5, 0.6) is 0 Å². The summed E-state index contributed by atoms with van der Waals surface area (Å²) in [6.45, 7) is 0. The molecule has 0 aliphatic heterocycles. The highest BCUT2D eigenvalue weighted by Gasteiger charge is 2.20. The van der Waals surface area contributed by atoms with Crippen molar-refractivity contribution in [3.8, 4) is 0 Å². The van der Waals surface area contributed by atoms with Gasteiger partial charge in [0.05, 0.1) is 12.4 Å². The van der Waals surface area contributed by atoms with Gasteiger partial charge in [0.15, 0.2) is 0 Å². The topological polar surface area (TPSA) is 117 Å². The SMILES string of the molecule is O=C(Nc1nccnn1)N[C@H](Cc1ccccc1)C(=O)O. The average Bonchev–Trinajstić information content (AvgIpc) is 2.48. The molecule has 8 nitrogen and oxygen atoms in total. The number of benzene rings is 1. The lowest BCUT2D eigenvalue weighted by Crippen LogP contribution is -2.44. The van der Waals surface area contributed by atoms with Crippen LogP contribution in [0.25, 0.3) is 0 Å². The Hall–Kier alpha value is -3.03. The molecule has 8 heteroatoms. The smallest absolute Gasteiger partial charge is 0.326 e. The second kappa shape index (κ2) is 6.94. The van der Waals surface area contributed by atoms with Crippen LogP contribution in [-0.4, -0.2) is 38.3 Å². The lowest BCUT2D eigenvalue weighted by Gasteiger charge is -2.14. The predicted molar refractivity (Wildman–Crippen MR) is 73.6 cm³/mol. The summed E-state index contributed by atoms with van der Waals surface area (Å²) in [5.74, 6) is -1.13. The van der Waals surface area contributed by atoms with Crippen LogP contribution in [0.1, 0.15) is 5.56 Å². The van der Waals surface area contributed by atoms with E-state index >= 15 is 0 Å². The third-order valence-corrected chi connectivity index (χ3v) is 2.59. The first-order valence-corrected chi connectivity index (χ1v) is 6.13. The molecule has 0 saturated heterocycles. The van der Waals surface area contributed by atoms with Crippen molar-refractivity contribution < 1.29 is 14.7 Å². The Bertz CT molecular complexity index is 606. The lowest BCUT2D eigenvalue weighted by molar-refractivity contribution is -0.139. The van der Waals surface area contributed by atoms with Gasteiger partial charge in [-0.1, -0.05) is 30.3 Å². The minimum absolute atomic E-state index is 0.00106. The normalized spacial score (nSPS) is 11.4. The molecule has 2 aromatic rings. The Balaban J connectivity index is 1.96. The van der Waals surface area contributed by atoms with Crippen LogP contribution in [0.15, 0.2) is 42.7 Å². The quantitative estimate of drug-likeness (QED) is 0.744. The number of anilines is 1. The van der Waals surface area contributed by atoms with Gasteiger partial charge in [-0.2, -0.15) is 5.10 Å². The lowest BCUT2D eigenvalue weighted by atomic mass is 10.1. The van der Waals surface area contributed by atoms with Crippen LogP contribution in [0.2, 0.25) is 0 Å². The molecule has 1 aromatic heterocycles. The average molecular weight is 287 g/mol. The zero-order valence-electron chi connectivity index (χ0n) is 10.9. The molecule has 2 amide bonds. The number of carboxylic acid groups (broad SMARTS) is 1. The molecular weight excluding hydrogens is 274 g/mol. The molecule has 21 heavy (non-hydrogen) atoms. The van der Waals surface area contributed by atoms with E-state index in [1.807, 2.05) is 6.07 Å². The van der Waals surface area contributed by atoms with Gasteiger partial charge in [0, 0.05) is 6.42 Å². The molecule has 0 unspecified atom stereocenters. The van der Waals surface area contributed by atoms with Crippen molar-refractivity contribution in [2.75, 3.05) is 5.32 Å². The summed E-state index contributed by atoms with van der Waals surface area (Å²) < 4.78 is 0. The maximum atomic E-state index is 11.7. The van der Waals surface area contributed by atoms with Gasteiger partial charge in [0.25, 0.3) is 5.95 Å². The van der Waals surface area contributed by atoms with Gasteiger partial charge in [-0.3, -0.25) is 5.32 Å². The van der Waals surface area contributed by atoms with Crippen LogP contribution in [0, 0.1) is 0 Å². The predicted octanol–water partition coefficient (Wildman–Crippen LogP) is 0.689. The number of hydrogen-bond acceptors (Lipinski definition) is 5. The van der Waals surface area contributed by atoms with E-state index in [1.165, 1.54) is 12.4 Å². The number of carbonyl (C=O) groups is 2. The molecule has 1 atom stereocenters. The fourth-order valence-corrected chi connectivity index (χ4v) is 1.65. The number of nitrogens with one attached hydrogen (secondary N) is 2. The number of hydrogen-bond donors (Lipinski definition) is 3. The Morgan fingerprint density at radius 1 is 1.19 bits per heavy atom. The molecule has 0 radical (unpaired) electrons. The van der Waals surface area contributed by atoms with Crippen LogP contribution in [0.3, 0.4) is 0 Å². The maximum Gasteiger partial charge on any atom is 0.326 e. The highest BCUT2D eigenvalue weighted by molar-refractivity contribution is 5.90. The molecule has 0 saturated carbocycles. The number of aromatic nitrogens is 3. The first kappa shape index (κ1) is 14.4. The number of nitrogens with zero attached hydrogens (tertiary/aromatic N) is 3. The zero-order chi connectivity index (χ0) is 15.1. The summed E-state index contributed by atoms with van der Waals surface area (Å²) in [6.07, 6.45) is 2.90. The number of aliphatic carboxylic acids is 1. The molecule has 2 rings (SSSR count). The number of carboxylic acids is 1. The Kier molecular flexibility index (Phi) is 4.75. The van der Waals surface area contributed by atoms with E-state index in [1.54, 1.807) is 24.3 Å². The van der Waals surface area contributed by atoms with Gasteiger partial charge < -0.3 is 10.4 Å². The van der Waals surface area contributed by atoms with Crippen molar-refractivity contribution in [3.05, 3.63) is 48.3 Å². The Morgan fingerprint density at radius 3 is 2.57 bits per heavy atom. The van der Waals surface area contributed by atoms with E-state index in [0.717, 1.165) is 5.56 Å². The molecule has 1 aromatic carbocycles. The molecule has 108 valence electrons. The largest absolute Gasteiger partial charge is 0.480 e. The fraction of sp³-hybridized carbons (Fsp3) is 0.154. The number of amides is 2. The van der Waals surface area contributed by atoms with E-state index in [9.17, 15) is 9.59 Å². The van der Waals surface area contributed by atoms with Gasteiger partial charge in [0.1, 0.15) is 6.04 Å². The molecular formula is C13H13N5O3. The van der Waals surface area contributed by atoms with Crippen LogP contribution < -0.4 is 10.6 Å². The van der Waals surface area contributed by atoms with E-state index in [2.05, 4.69) is 25.8 Å². The minimum atomic E-state index is -1.12. The molecule has 0 bridgehead atoms. The molecule has 1 heterocycles. The number of carbonyl (C=O) groups excluding carboxylic acids is 1. The summed E-state index contributed by atoms with van der Waals surface area (Å²) in [7, 11) is 0. The first-order chi connectivity index (χ1) is 10.1. The first-order valence-electron chi connectivity index (χ1n) is 6.13. The third kappa shape index (κ3) is 4.53. The maximum absolute atomic E-state index is 11.7. The minimum Gasteiger partial charge on any atom is -0.480 e. The molecule has 0 spiro atoms. The van der Waals surface area contributed by atoms with Crippen molar-refractivity contribution in [1.82, 2.24) is 20.5 Å². The van der Waals surface area contributed by atoms with E-state index < -0.39 is 18.0 Å². The summed E-state index contributed by atoms with van der Waals surface area (Å²) in [5.41, 5.74) is 0.808. The summed E-state index contributed by atoms with van der Waals surface area (Å²) in [4.78, 5) is 26.7. The van der Waals surface area contributed by atoms with Crippen molar-refractivity contribution in [3.63, 3.8) is 0 Å². The van der Waals surface area contributed by atoms with Gasteiger partial charge in [-0.25, -0.2) is 14.6 Å². The van der Waals surface area contributed by atoms with Gasteiger partial charge >= 0.3 is 12.0 Å². The van der Waals surface area contributed by atoms with Crippen molar-refractivity contribution in [2.45, 2.75) is 12.5 Å². The number of rotatable bonds is 5. The molecule has 0 fully saturated rings. The fourth-order valence-electron chi connectivity index (χ4n) is 1.65. The Morgan fingerprint density at radius 2 is 1.95 bits per heavy atom. The van der Waals surface area contributed by atoms with Crippen LogP contribution >= 0.6 is 0 Å². The van der Waals surface area contributed by atoms with E-state index in [-0.39, 0.29) is 12.4 Å². The summed E-state index contributed by atoms with van der Waals surface area (Å²) in [5, 5.41) is 21.0. The molecule has 0 aliphatic carbocycles. The number of urea groups is 1. The van der Waals surface area contributed by atoms with Gasteiger partial charge in [0.2, 0.25) is 0 Å². The van der Waals surface area contributed by atoms with E-state index in [0.29, 0.717) is 0 Å². The van der Waals surface area contributed by atoms with Gasteiger partial charge in [-0.15, -0.1) is 5.10 Å². The standard InChI is InChI=1S/C13H13N5O3/c19-11(20)10(8-9-4-2-1-3-5-9)16-13(21)17-12-14-6-7-15-18-12/h1-7,10H,8H2,(H,19,20)(H2,14,16,17,18,21)/t10-/m1/s1. The highest BCUT2D eigenvalue weighted by Crippen LogP contribution is 2.04. The molecule has 3 N–H and O–H groups in total. The zero-order valence-corrected chi connectivity index (χ0v) is 10.9. The third-order valence-electron chi connectivity index (χ3n) is 2.59. The van der Waals surface area contributed by atoms with Gasteiger partial charge in [-0.05, 0) is 5.56 Å². The van der Waals surface area contributed by atoms with Crippen molar-refractivity contribution in [2.24, 2.45) is 0 Å². The van der Waals surface area contributed by atoms with E-state index in [4.69, 9.17) is 5.11 Å². The monoisotopic (exact) mass is 287 g/mol. The Labute approximate surface area is 120 Å². The van der Waals surface area contributed by atoms with Crippen LogP contribution in [-0.2, 0) is 11.2 Å². The summed E-state index contributed by atoms with van der Waals surface area (Å²) >= 11 is 0. The summed E-state index contributed by atoms with van der Waals surface area (Å²) in [6, 6.07) is 7.27. The highest BCUT2D eigenvalue weighted by atomic mass is 16.4.